The summed E-state index contributed by atoms with van der Waals surface area (Å²) in [6.45, 7) is 1.28. The summed E-state index contributed by atoms with van der Waals surface area (Å²) in [5.41, 5.74) is 0. The third kappa shape index (κ3) is 4.55. The molecular weight excluding hydrogens is 270 g/mol. The van der Waals surface area contributed by atoms with Gasteiger partial charge in [-0.2, -0.15) is 0 Å². The number of sulfone groups is 1. The molecule has 0 spiro atoms. The number of amides is 1. The first-order valence-corrected chi connectivity index (χ1v) is 6.89. The van der Waals surface area contributed by atoms with E-state index >= 15 is 0 Å². The first-order valence-electron chi connectivity index (χ1n) is 5.34. The Hall–Kier alpha value is -2.15. The second-order valence-electron chi connectivity index (χ2n) is 3.73. The average Bonchev–Trinajstić information content (AvgIpc) is 2.37. The Morgan fingerprint density at radius 2 is 1.84 bits per heavy atom. The number of rotatable bonds is 5. The molecule has 0 bridgehead atoms. The molecule has 0 saturated heterocycles. The van der Waals surface area contributed by atoms with Crippen LogP contribution in [0.4, 0.5) is 0 Å². The third-order valence-electron chi connectivity index (χ3n) is 2.20. The fraction of sp³-hybridized carbons (Fsp3) is 0.167. The highest BCUT2D eigenvalue weighted by atomic mass is 32.2. The molecule has 0 saturated carbocycles. The normalized spacial score (nSPS) is 13.1. The molecular formula is C12H13NO5S. The van der Waals surface area contributed by atoms with Gasteiger partial charge in [0.15, 0.2) is 9.84 Å². The summed E-state index contributed by atoms with van der Waals surface area (Å²) in [4.78, 5) is 21.9. The van der Waals surface area contributed by atoms with Gasteiger partial charge in [-0.3, -0.25) is 9.59 Å². The Labute approximate surface area is 110 Å². The van der Waals surface area contributed by atoms with Gasteiger partial charge in [0.2, 0.25) is 5.91 Å². The lowest BCUT2D eigenvalue weighted by atomic mass is 10.3. The van der Waals surface area contributed by atoms with Crippen molar-refractivity contribution in [2.75, 3.05) is 0 Å². The lowest BCUT2D eigenvalue weighted by Crippen LogP contribution is -2.37. The van der Waals surface area contributed by atoms with Gasteiger partial charge in [0, 0.05) is 11.5 Å². The van der Waals surface area contributed by atoms with Gasteiger partial charge in [0.25, 0.3) is 0 Å². The van der Waals surface area contributed by atoms with E-state index in [1.165, 1.54) is 19.1 Å². The van der Waals surface area contributed by atoms with Crippen molar-refractivity contribution in [3.05, 3.63) is 41.8 Å². The number of carbonyl (C=O) groups excluding carboxylic acids is 1. The summed E-state index contributed by atoms with van der Waals surface area (Å²) in [5.74, 6) is -1.98. The van der Waals surface area contributed by atoms with E-state index in [4.69, 9.17) is 5.11 Å². The van der Waals surface area contributed by atoms with Crippen molar-refractivity contribution in [3.63, 3.8) is 0 Å². The standard InChI is InChI=1S/C12H13NO5S/c1-9(12(15)16)13-11(14)7-8-19(17,18)10-5-3-2-4-6-10/h2-9H,1H3,(H,13,14)(H,15,16)/b8-7+/t9-/m1/s1. The van der Waals surface area contributed by atoms with Gasteiger partial charge in [-0.05, 0) is 19.1 Å². The maximum atomic E-state index is 11.8. The number of benzene rings is 1. The zero-order valence-electron chi connectivity index (χ0n) is 10.1. The lowest BCUT2D eigenvalue weighted by Gasteiger charge is -2.06. The Bertz CT molecular complexity index is 592. The van der Waals surface area contributed by atoms with Gasteiger partial charge < -0.3 is 10.4 Å². The number of hydrogen-bond acceptors (Lipinski definition) is 4. The number of carbonyl (C=O) groups is 2. The molecule has 0 heterocycles. The zero-order valence-corrected chi connectivity index (χ0v) is 10.9. The van der Waals surface area contributed by atoms with Crippen LogP contribution in [0.5, 0.6) is 0 Å². The maximum absolute atomic E-state index is 11.8. The third-order valence-corrected chi connectivity index (χ3v) is 3.62. The summed E-state index contributed by atoms with van der Waals surface area (Å²) in [5, 5.41) is 11.4. The van der Waals surface area contributed by atoms with E-state index in [1.807, 2.05) is 0 Å². The molecule has 1 aromatic carbocycles. The molecule has 1 rings (SSSR count). The second kappa shape index (κ2) is 6.14. The van der Waals surface area contributed by atoms with Crippen LogP contribution in [0.25, 0.3) is 0 Å². The predicted molar refractivity (Wildman–Crippen MR) is 68.0 cm³/mol. The highest BCUT2D eigenvalue weighted by Crippen LogP contribution is 2.10. The van der Waals surface area contributed by atoms with E-state index in [9.17, 15) is 18.0 Å². The Balaban J connectivity index is 2.77. The molecule has 1 atom stereocenters. The molecule has 0 radical (unpaired) electrons. The van der Waals surface area contributed by atoms with E-state index in [2.05, 4.69) is 5.32 Å². The number of carboxylic acids is 1. The summed E-state index contributed by atoms with van der Waals surface area (Å²) >= 11 is 0. The molecule has 1 amide bonds. The van der Waals surface area contributed by atoms with Gasteiger partial charge in [-0.15, -0.1) is 0 Å². The van der Waals surface area contributed by atoms with E-state index in [0.717, 1.165) is 11.5 Å². The first kappa shape index (κ1) is 14.9. The van der Waals surface area contributed by atoms with Crippen LogP contribution in [0, 0.1) is 0 Å². The lowest BCUT2D eigenvalue weighted by molar-refractivity contribution is -0.140. The molecule has 0 fully saturated rings. The van der Waals surface area contributed by atoms with Gasteiger partial charge in [0.1, 0.15) is 6.04 Å². The fourth-order valence-corrected chi connectivity index (χ4v) is 2.16. The fourth-order valence-electron chi connectivity index (χ4n) is 1.16. The minimum absolute atomic E-state index is 0.0605. The number of nitrogens with one attached hydrogen (secondary N) is 1. The molecule has 0 aromatic heterocycles. The molecule has 2 N–H and O–H groups in total. The maximum Gasteiger partial charge on any atom is 0.325 e. The van der Waals surface area contributed by atoms with Crippen LogP contribution < -0.4 is 5.32 Å². The van der Waals surface area contributed by atoms with Crippen LogP contribution in [0.1, 0.15) is 6.92 Å². The molecule has 7 heteroatoms. The van der Waals surface area contributed by atoms with Crippen LogP contribution in [0.2, 0.25) is 0 Å². The van der Waals surface area contributed by atoms with Gasteiger partial charge in [-0.25, -0.2) is 8.42 Å². The topological polar surface area (TPSA) is 101 Å². The van der Waals surface area contributed by atoms with E-state index in [-0.39, 0.29) is 4.90 Å². The number of carboxylic acid groups (broad SMARTS) is 1. The summed E-state index contributed by atoms with van der Waals surface area (Å²) < 4.78 is 23.5. The van der Waals surface area contributed by atoms with E-state index in [0.29, 0.717) is 0 Å². The van der Waals surface area contributed by atoms with E-state index < -0.39 is 27.8 Å². The molecule has 0 aliphatic rings. The van der Waals surface area contributed by atoms with Crippen LogP contribution in [-0.2, 0) is 19.4 Å². The largest absolute Gasteiger partial charge is 0.480 e. The smallest absolute Gasteiger partial charge is 0.325 e. The Kier molecular flexibility index (Phi) is 4.82. The monoisotopic (exact) mass is 283 g/mol. The minimum Gasteiger partial charge on any atom is -0.480 e. The van der Waals surface area contributed by atoms with Crippen molar-refractivity contribution in [2.45, 2.75) is 17.9 Å². The van der Waals surface area contributed by atoms with Crippen LogP contribution in [0.15, 0.2) is 46.7 Å². The molecule has 19 heavy (non-hydrogen) atoms. The van der Waals surface area contributed by atoms with Crippen molar-refractivity contribution in [1.29, 1.82) is 0 Å². The number of aliphatic carboxylic acids is 1. The van der Waals surface area contributed by atoms with Crippen molar-refractivity contribution in [2.24, 2.45) is 0 Å². The summed E-state index contributed by atoms with van der Waals surface area (Å²) in [6.07, 6.45) is 0.793. The van der Waals surface area contributed by atoms with Crippen LogP contribution in [-0.4, -0.2) is 31.4 Å². The second-order valence-corrected chi connectivity index (χ2v) is 5.56. The number of hydrogen-bond donors (Lipinski definition) is 2. The predicted octanol–water partition coefficient (Wildman–Crippen LogP) is 0.563. The molecule has 102 valence electrons. The van der Waals surface area contributed by atoms with Gasteiger partial charge in [0.05, 0.1) is 4.90 Å². The van der Waals surface area contributed by atoms with Crippen LogP contribution in [0.3, 0.4) is 0 Å². The first-order chi connectivity index (χ1) is 8.83. The van der Waals surface area contributed by atoms with Crippen molar-refractivity contribution >= 4 is 21.7 Å². The molecule has 0 aliphatic carbocycles. The van der Waals surface area contributed by atoms with Crippen LogP contribution >= 0.6 is 0 Å². The quantitative estimate of drug-likeness (QED) is 0.769. The van der Waals surface area contributed by atoms with Gasteiger partial charge >= 0.3 is 5.97 Å². The molecule has 0 aliphatic heterocycles. The molecule has 6 nitrogen and oxygen atoms in total. The Morgan fingerprint density at radius 1 is 1.26 bits per heavy atom. The van der Waals surface area contributed by atoms with Crippen molar-refractivity contribution < 1.29 is 23.1 Å². The minimum atomic E-state index is -3.70. The summed E-state index contributed by atoms with van der Waals surface area (Å²) in [6, 6.07) is 6.51. The highest BCUT2D eigenvalue weighted by Gasteiger charge is 2.14. The van der Waals surface area contributed by atoms with Crippen molar-refractivity contribution in [1.82, 2.24) is 5.32 Å². The zero-order chi connectivity index (χ0) is 14.5. The average molecular weight is 283 g/mol. The van der Waals surface area contributed by atoms with Gasteiger partial charge in [-0.1, -0.05) is 18.2 Å². The van der Waals surface area contributed by atoms with Crippen molar-refractivity contribution in [3.8, 4) is 0 Å². The molecule has 0 unspecified atom stereocenters. The summed E-state index contributed by atoms with van der Waals surface area (Å²) in [7, 11) is -3.70. The Morgan fingerprint density at radius 3 is 2.37 bits per heavy atom. The SMILES string of the molecule is C[C@@H](NC(=O)/C=C/S(=O)(=O)c1ccccc1)C(=O)O. The molecule has 1 aromatic rings. The highest BCUT2D eigenvalue weighted by molar-refractivity contribution is 7.94. The van der Waals surface area contributed by atoms with E-state index in [1.54, 1.807) is 18.2 Å².